The molecule has 1 amide bonds. The number of hydrogen-bond donors (Lipinski definition) is 2. The van der Waals surface area contributed by atoms with Gasteiger partial charge in [-0.05, 0) is 17.7 Å². The summed E-state index contributed by atoms with van der Waals surface area (Å²) in [6.07, 6.45) is -0.0128. The van der Waals surface area contributed by atoms with Crippen molar-refractivity contribution in [2.24, 2.45) is 11.5 Å². The zero-order valence-corrected chi connectivity index (χ0v) is 8.09. The summed E-state index contributed by atoms with van der Waals surface area (Å²) >= 11 is 5.48. The van der Waals surface area contributed by atoms with E-state index in [0.717, 1.165) is 0 Å². The molecule has 14 heavy (non-hydrogen) atoms. The average molecular weight is 217 g/mol. The van der Waals surface area contributed by atoms with Gasteiger partial charge in [-0.15, -0.1) is 0 Å². The number of amides is 1. The molecule has 0 saturated carbocycles. The van der Waals surface area contributed by atoms with Crippen LogP contribution in [0.3, 0.4) is 0 Å². The first kappa shape index (κ1) is 10.9. The summed E-state index contributed by atoms with van der Waals surface area (Å²) in [6, 6.07) is 3.58. The molecule has 1 aromatic rings. The molecule has 1 atom stereocenters. The molecular formula is C9H10ClFN2O. The molecule has 4 N–H and O–H groups in total. The van der Waals surface area contributed by atoms with Crippen molar-refractivity contribution in [1.82, 2.24) is 0 Å². The highest BCUT2D eigenvalue weighted by atomic mass is 35.5. The van der Waals surface area contributed by atoms with Crippen molar-refractivity contribution in [2.45, 2.75) is 12.5 Å². The predicted octanol–water partition coefficient (Wildman–Crippen LogP) is 1.35. The Morgan fingerprint density at radius 3 is 2.71 bits per heavy atom. The molecule has 1 aromatic carbocycles. The van der Waals surface area contributed by atoms with Gasteiger partial charge in [0.25, 0.3) is 0 Å². The first-order valence-electron chi connectivity index (χ1n) is 3.99. The molecule has 0 fully saturated rings. The van der Waals surface area contributed by atoms with Gasteiger partial charge in [-0.1, -0.05) is 17.7 Å². The molecule has 0 heterocycles. The van der Waals surface area contributed by atoms with Gasteiger partial charge in [0.2, 0.25) is 5.91 Å². The molecule has 0 unspecified atom stereocenters. The van der Waals surface area contributed by atoms with Gasteiger partial charge < -0.3 is 11.5 Å². The van der Waals surface area contributed by atoms with E-state index < -0.39 is 17.8 Å². The van der Waals surface area contributed by atoms with Gasteiger partial charge >= 0.3 is 0 Å². The fourth-order valence-electron chi connectivity index (χ4n) is 1.08. The molecule has 0 aliphatic carbocycles. The Labute approximate surface area is 85.8 Å². The summed E-state index contributed by atoms with van der Waals surface area (Å²) in [4.78, 5) is 10.6. The molecule has 0 spiro atoms. The highest BCUT2D eigenvalue weighted by Gasteiger charge is 2.11. The number of carbonyl (C=O) groups is 1. The van der Waals surface area contributed by atoms with Gasteiger partial charge in [0, 0.05) is 12.5 Å². The maximum atomic E-state index is 13.0. The van der Waals surface area contributed by atoms with E-state index >= 15 is 0 Å². The Bertz CT molecular complexity index is 357. The summed E-state index contributed by atoms with van der Waals surface area (Å²) < 4.78 is 13.0. The number of hydrogen-bond acceptors (Lipinski definition) is 2. The Kier molecular flexibility index (Phi) is 3.43. The van der Waals surface area contributed by atoms with E-state index in [1.807, 2.05) is 0 Å². The molecular weight excluding hydrogens is 207 g/mol. The first-order valence-corrected chi connectivity index (χ1v) is 4.37. The minimum Gasteiger partial charge on any atom is -0.370 e. The molecule has 5 heteroatoms. The van der Waals surface area contributed by atoms with Crippen LogP contribution in [0, 0.1) is 5.82 Å². The fourth-order valence-corrected chi connectivity index (χ4v) is 1.20. The van der Waals surface area contributed by atoms with Crippen molar-refractivity contribution in [3.8, 4) is 0 Å². The lowest BCUT2D eigenvalue weighted by molar-refractivity contribution is -0.118. The maximum absolute atomic E-state index is 13.0. The monoisotopic (exact) mass is 216 g/mol. The van der Waals surface area contributed by atoms with E-state index in [4.69, 9.17) is 23.1 Å². The molecule has 0 aliphatic heterocycles. The lowest BCUT2D eigenvalue weighted by atomic mass is 10.0. The van der Waals surface area contributed by atoms with E-state index in [2.05, 4.69) is 0 Å². The molecule has 0 radical (unpaired) electrons. The second-order valence-corrected chi connectivity index (χ2v) is 3.36. The van der Waals surface area contributed by atoms with Gasteiger partial charge in [-0.3, -0.25) is 4.79 Å². The lowest BCUT2D eigenvalue weighted by Gasteiger charge is -2.09. The normalized spacial score (nSPS) is 12.5. The summed E-state index contributed by atoms with van der Waals surface area (Å²) in [7, 11) is 0. The Morgan fingerprint density at radius 1 is 1.57 bits per heavy atom. The van der Waals surface area contributed by atoms with Gasteiger partial charge in [0.15, 0.2) is 0 Å². The van der Waals surface area contributed by atoms with E-state index in [1.165, 1.54) is 12.1 Å². The standard InChI is InChI=1S/C9H10ClFN2O/c10-6-2-1-5(3-7(6)11)8(12)4-9(13)14/h1-3,8H,4,12H2,(H2,13,14)/t8-/m1/s1. The number of primary amides is 1. The highest BCUT2D eigenvalue weighted by molar-refractivity contribution is 6.30. The molecule has 1 rings (SSSR count). The van der Waals surface area contributed by atoms with Crippen LogP contribution in [-0.2, 0) is 4.79 Å². The molecule has 0 aliphatic rings. The molecule has 76 valence electrons. The molecule has 0 bridgehead atoms. The maximum Gasteiger partial charge on any atom is 0.219 e. The van der Waals surface area contributed by atoms with Crippen molar-refractivity contribution >= 4 is 17.5 Å². The van der Waals surface area contributed by atoms with Gasteiger partial charge in [-0.2, -0.15) is 0 Å². The summed E-state index contributed by atoms with van der Waals surface area (Å²) in [5.41, 5.74) is 11.1. The number of halogens is 2. The van der Waals surface area contributed by atoms with Crippen molar-refractivity contribution in [3.63, 3.8) is 0 Å². The second kappa shape index (κ2) is 4.39. The van der Waals surface area contributed by atoms with Gasteiger partial charge in [0.1, 0.15) is 5.82 Å². The van der Waals surface area contributed by atoms with Crippen LogP contribution in [0.25, 0.3) is 0 Å². The van der Waals surface area contributed by atoms with Crippen LogP contribution >= 0.6 is 11.6 Å². The van der Waals surface area contributed by atoms with E-state index in [9.17, 15) is 9.18 Å². The van der Waals surface area contributed by atoms with Crippen LogP contribution < -0.4 is 11.5 Å². The quantitative estimate of drug-likeness (QED) is 0.801. The minimum atomic E-state index is -0.584. The van der Waals surface area contributed by atoms with Crippen LogP contribution in [0.1, 0.15) is 18.0 Å². The van der Waals surface area contributed by atoms with Crippen molar-refractivity contribution in [2.75, 3.05) is 0 Å². The molecule has 0 saturated heterocycles. The van der Waals surface area contributed by atoms with Gasteiger partial charge in [0.05, 0.1) is 5.02 Å². The average Bonchev–Trinajstić information content (AvgIpc) is 2.08. The summed E-state index contributed by atoms with van der Waals surface area (Å²) in [5.74, 6) is -1.07. The fraction of sp³-hybridized carbons (Fsp3) is 0.222. The number of rotatable bonds is 3. The zero-order chi connectivity index (χ0) is 10.7. The minimum absolute atomic E-state index is 0.0128. The predicted molar refractivity (Wildman–Crippen MR) is 52.1 cm³/mol. The third-order valence-corrected chi connectivity index (χ3v) is 2.10. The second-order valence-electron chi connectivity index (χ2n) is 2.95. The van der Waals surface area contributed by atoms with Crippen molar-refractivity contribution < 1.29 is 9.18 Å². The topological polar surface area (TPSA) is 69.1 Å². The largest absolute Gasteiger partial charge is 0.370 e. The Morgan fingerprint density at radius 2 is 2.21 bits per heavy atom. The van der Waals surface area contributed by atoms with E-state index in [0.29, 0.717) is 5.56 Å². The van der Waals surface area contributed by atoms with Crippen LogP contribution in [-0.4, -0.2) is 5.91 Å². The smallest absolute Gasteiger partial charge is 0.219 e. The van der Waals surface area contributed by atoms with E-state index in [1.54, 1.807) is 6.07 Å². The third kappa shape index (κ3) is 2.68. The zero-order valence-electron chi connectivity index (χ0n) is 7.34. The summed E-state index contributed by atoms with van der Waals surface area (Å²) in [6.45, 7) is 0. The third-order valence-electron chi connectivity index (χ3n) is 1.79. The number of nitrogens with two attached hydrogens (primary N) is 2. The molecule has 0 aromatic heterocycles. The van der Waals surface area contributed by atoms with Gasteiger partial charge in [-0.25, -0.2) is 4.39 Å². The van der Waals surface area contributed by atoms with Crippen molar-refractivity contribution in [3.05, 3.63) is 34.6 Å². The Balaban J connectivity index is 2.85. The highest BCUT2D eigenvalue weighted by Crippen LogP contribution is 2.20. The summed E-state index contributed by atoms with van der Waals surface area (Å²) in [5, 5.41) is 0.0278. The first-order chi connectivity index (χ1) is 6.50. The SMILES string of the molecule is NC(=O)C[C@@H](N)c1ccc(Cl)c(F)c1. The molecule has 3 nitrogen and oxygen atoms in total. The van der Waals surface area contributed by atoms with Crippen LogP contribution in [0.15, 0.2) is 18.2 Å². The van der Waals surface area contributed by atoms with Crippen LogP contribution in [0.5, 0.6) is 0 Å². The lowest BCUT2D eigenvalue weighted by Crippen LogP contribution is -2.20. The number of benzene rings is 1. The van der Waals surface area contributed by atoms with Crippen molar-refractivity contribution in [1.29, 1.82) is 0 Å². The van der Waals surface area contributed by atoms with E-state index in [-0.39, 0.29) is 11.4 Å². The van der Waals surface area contributed by atoms with Crippen LogP contribution in [0.4, 0.5) is 4.39 Å². The van der Waals surface area contributed by atoms with Crippen LogP contribution in [0.2, 0.25) is 5.02 Å². The number of carbonyl (C=O) groups excluding carboxylic acids is 1. The Hall–Kier alpha value is -1.13.